The molecule has 3 heterocycles. The van der Waals surface area contributed by atoms with Crippen LogP contribution in [0.5, 0.6) is 5.75 Å². The van der Waals surface area contributed by atoms with Crippen LogP contribution in [-0.4, -0.2) is 52.4 Å². The number of aliphatic hydroxyl groups is 1. The molecule has 2 atom stereocenters. The minimum atomic E-state index is -0.294. The number of aryl methyl sites for hydroxylation is 1. The second kappa shape index (κ2) is 9.40. The fourth-order valence-corrected chi connectivity index (χ4v) is 4.56. The van der Waals surface area contributed by atoms with Crippen molar-refractivity contribution < 1.29 is 19.1 Å². The number of nitrogens with zero attached hydrogens (tertiary/aromatic N) is 4. The third-order valence-corrected chi connectivity index (χ3v) is 6.25. The third kappa shape index (κ3) is 4.22. The zero-order valence-electron chi connectivity index (χ0n) is 19.2. The van der Waals surface area contributed by atoms with E-state index in [1.165, 1.54) is 12.1 Å². The summed E-state index contributed by atoms with van der Waals surface area (Å²) in [6.07, 6.45) is 6.53. The lowest BCUT2D eigenvalue weighted by atomic mass is 9.90. The van der Waals surface area contributed by atoms with E-state index in [1.54, 1.807) is 30.6 Å². The highest BCUT2D eigenvalue weighted by Gasteiger charge is 2.38. The summed E-state index contributed by atoms with van der Waals surface area (Å²) in [6.45, 7) is 2.87. The zero-order valence-corrected chi connectivity index (χ0v) is 19.2. The quantitative estimate of drug-likeness (QED) is 0.618. The van der Waals surface area contributed by atoms with Gasteiger partial charge in [-0.15, -0.1) is 0 Å². The van der Waals surface area contributed by atoms with Gasteiger partial charge in [0.05, 0.1) is 44.1 Å². The molecule has 0 saturated carbocycles. The Morgan fingerprint density at radius 3 is 2.76 bits per heavy atom. The summed E-state index contributed by atoms with van der Waals surface area (Å²) in [4.78, 5) is 15.1. The van der Waals surface area contributed by atoms with Crippen LogP contribution >= 0.6 is 0 Å². The summed E-state index contributed by atoms with van der Waals surface area (Å²) in [5, 5.41) is 11.8. The van der Waals surface area contributed by atoms with Gasteiger partial charge in [0, 0.05) is 25.1 Å². The molecule has 1 N–H and O–H groups in total. The average molecular weight is 463 g/mol. The van der Waals surface area contributed by atoms with Crippen molar-refractivity contribution in [2.24, 2.45) is 10.9 Å². The van der Waals surface area contributed by atoms with Crippen molar-refractivity contribution in [1.82, 2.24) is 14.6 Å². The largest absolute Gasteiger partial charge is 0.495 e. The highest BCUT2D eigenvalue weighted by Crippen LogP contribution is 2.37. The molecule has 8 heteroatoms. The molecule has 2 unspecified atom stereocenters. The summed E-state index contributed by atoms with van der Waals surface area (Å²) < 4.78 is 21.1. The molecule has 2 aromatic carbocycles. The molecule has 2 aliphatic heterocycles. The average Bonchev–Trinajstić information content (AvgIpc) is 3.30. The molecular weight excluding hydrogens is 435 g/mol. The van der Waals surface area contributed by atoms with Crippen molar-refractivity contribution >= 4 is 11.9 Å². The molecule has 0 aliphatic carbocycles. The van der Waals surface area contributed by atoms with Gasteiger partial charge >= 0.3 is 0 Å². The van der Waals surface area contributed by atoms with E-state index in [9.17, 15) is 9.50 Å². The lowest BCUT2D eigenvalue weighted by Gasteiger charge is -2.43. The van der Waals surface area contributed by atoms with Crippen LogP contribution < -0.4 is 4.74 Å². The smallest absolute Gasteiger partial charge is 0.151 e. The predicted molar refractivity (Wildman–Crippen MR) is 127 cm³/mol. The monoisotopic (exact) mass is 462 g/mol. The van der Waals surface area contributed by atoms with Crippen LogP contribution in [0.4, 0.5) is 4.39 Å². The fraction of sp³-hybridized carbons (Fsp3) is 0.308. The summed E-state index contributed by atoms with van der Waals surface area (Å²) in [5.41, 5.74) is 4.76. The minimum absolute atomic E-state index is 0.0376. The standard InChI is InChI=1S/C26H27FN4O3/c1-17-14-30(16-29-17)23-8-3-18(12-24(23)33-2)11-20-9-10-34-31-25(19-4-6-22(27)7-5-19)21(15-32)13-28-26(20)31/h3-8,11-12,14,16,21,25,32H,9-10,13,15H2,1-2H3. The van der Waals surface area contributed by atoms with E-state index in [-0.39, 0.29) is 24.4 Å². The maximum absolute atomic E-state index is 13.5. The van der Waals surface area contributed by atoms with Crippen LogP contribution in [0.1, 0.15) is 29.3 Å². The fourth-order valence-electron chi connectivity index (χ4n) is 4.56. The first-order chi connectivity index (χ1) is 16.6. The Bertz CT molecular complexity index is 1240. The Labute approximate surface area is 197 Å². The summed E-state index contributed by atoms with van der Waals surface area (Å²) in [5.74, 6) is 1.05. The summed E-state index contributed by atoms with van der Waals surface area (Å²) in [6, 6.07) is 12.2. The number of fused-ring (bicyclic) bond motifs is 1. The number of aromatic nitrogens is 2. The number of aliphatic hydroxyl groups excluding tert-OH is 1. The van der Waals surface area contributed by atoms with Gasteiger partial charge in [-0.25, -0.2) is 14.4 Å². The Morgan fingerprint density at radius 1 is 1.24 bits per heavy atom. The van der Waals surface area contributed by atoms with E-state index in [2.05, 4.69) is 11.1 Å². The first-order valence-corrected chi connectivity index (χ1v) is 11.3. The first kappa shape index (κ1) is 22.3. The molecule has 7 nitrogen and oxygen atoms in total. The highest BCUT2D eigenvalue weighted by atomic mass is 19.1. The van der Waals surface area contributed by atoms with Crippen LogP contribution in [0.15, 0.2) is 65.6 Å². The normalized spacial score (nSPS) is 21.4. The van der Waals surface area contributed by atoms with Gasteiger partial charge in [0.15, 0.2) is 5.84 Å². The Morgan fingerprint density at radius 2 is 2.06 bits per heavy atom. The van der Waals surface area contributed by atoms with Gasteiger partial charge < -0.3 is 14.4 Å². The van der Waals surface area contributed by atoms with Gasteiger partial charge in [0.2, 0.25) is 0 Å². The SMILES string of the molecule is COc1cc(C=C2CCON3C2=NCC(CO)C3c2ccc(F)cc2)ccc1-n1cnc(C)c1. The lowest BCUT2D eigenvalue weighted by molar-refractivity contribution is -0.156. The van der Waals surface area contributed by atoms with Gasteiger partial charge in [-0.3, -0.25) is 9.83 Å². The number of ether oxygens (including phenoxy) is 1. The second-order valence-electron chi connectivity index (χ2n) is 8.54. The van der Waals surface area contributed by atoms with Crippen molar-refractivity contribution in [3.63, 3.8) is 0 Å². The van der Waals surface area contributed by atoms with Crippen LogP contribution in [0.3, 0.4) is 0 Å². The van der Waals surface area contributed by atoms with Gasteiger partial charge in [0.1, 0.15) is 11.6 Å². The van der Waals surface area contributed by atoms with E-state index in [0.717, 1.165) is 39.7 Å². The molecule has 0 amide bonds. The number of hydrogen-bond acceptors (Lipinski definition) is 6. The third-order valence-electron chi connectivity index (χ3n) is 6.25. The molecule has 0 spiro atoms. The Balaban J connectivity index is 1.48. The maximum Gasteiger partial charge on any atom is 0.151 e. The molecule has 176 valence electrons. The maximum atomic E-state index is 13.5. The topological polar surface area (TPSA) is 72.1 Å². The van der Waals surface area contributed by atoms with Gasteiger partial charge in [-0.1, -0.05) is 18.2 Å². The van der Waals surface area contributed by atoms with Crippen molar-refractivity contribution in [2.75, 3.05) is 26.9 Å². The Kier molecular flexibility index (Phi) is 6.17. The number of hydroxylamine groups is 2. The number of benzene rings is 2. The minimum Gasteiger partial charge on any atom is -0.495 e. The number of imidazole rings is 1. The molecule has 34 heavy (non-hydrogen) atoms. The van der Waals surface area contributed by atoms with E-state index in [0.29, 0.717) is 19.6 Å². The lowest BCUT2D eigenvalue weighted by Crippen LogP contribution is -2.47. The molecule has 1 aromatic heterocycles. The molecule has 0 radical (unpaired) electrons. The number of rotatable bonds is 5. The van der Waals surface area contributed by atoms with Crippen molar-refractivity contribution in [2.45, 2.75) is 19.4 Å². The summed E-state index contributed by atoms with van der Waals surface area (Å²) >= 11 is 0. The predicted octanol–water partition coefficient (Wildman–Crippen LogP) is 4.11. The number of aliphatic imine (C=N–C) groups is 1. The molecule has 0 bridgehead atoms. The molecule has 3 aromatic rings. The second-order valence-corrected chi connectivity index (χ2v) is 8.54. The van der Waals surface area contributed by atoms with E-state index < -0.39 is 0 Å². The van der Waals surface area contributed by atoms with Crippen molar-refractivity contribution in [3.05, 3.63) is 83.2 Å². The molecular formula is C26H27FN4O3. The van der Waals surface area contributed by atoms with Crippen LogP contribution in [0.2, 0.25) is 0 Å². The van der Waals surface area contributed by atoms with Gasteiger partial charge in [-0.2, -0.15) is 0 Å². The first-order valence-electron chi connectivity index (χ1n) is 11.3. The number of hydrogen-bond donors (Lipinski definition) is 1. The van der Waals surface area contributed by atoms with Crippen molar-refractivity contribution in [1.29, 1.82) is 0 Å². The molecule has 5 rings (SSSR count). The molecule has 1 saturated heterocycles. The molecule has 1 fully saturated rings. The van der Waals surface area contributed by atoms with Crippen molar-refractivity contribution in [3.8, 4) is 11.4 Å². The number of halogens is 1. The van der Waals surface area contributed by atoms with Gasteiger partial charge in [-0.05, 0) is 54.0 Å². The van der Waals surface area contributed by atoms with Crippen LogP contribution in [0, 0.1) is 18.7 Å². The highest BCUT2D eigenvalue weighted by molar-refractivity contribution is 6.02. The van der Waals surface area contributed by atoms with E-state index in [4.69, 9.17) is 14.6 Å². The van der Waals surface area contributed by atoms with Crippen LogP contribution in [-0.2, 0) is 4.84 Å². The van der Waals surface area contributed by atoms with E-state index >= 15 is 0 Å². The number of amidine groups is 1. The summed E-state index contributed by atoms with van der Waals surface area (Å²) in [7, 11) is 1.66. The Hall–Kier alpha value is -3.49. The molecule has 2 aliphatic rings. The van der Waals surface area contributed by atoms with Crippen LogP contribution in [0.25, 0.3) is 11.8 Å². The number of methoxy groups -OCH3 is 1. The van der Waals surface area contributed by atoms with Gasteiger partial charge in [0.25, 0.3) is 0 Å². The van der Waals surface area contributed by atoms with E-state index in [1.807, 2.05) is 35.9 Å². The zero-order chi connectivity index (χ0) is 23.7.